The van der Waals surface area contributed by atoms with E-state index in [-0.39, 0.29) is 25.7 Å². The molecule has 0 spiro atoms. The molecule has 0 rings (SSSR count). The van der Waals surface area contributed by atoms with E-state index in [1.165, 1.54) is 141 Å². The minimum absolute atomic E-state index is 0.105. The molecular weight excluding hydrogens is 1080 g/mol. The van der Waals surface area contributed by atoms with Crippen LogP contribution in [0.4, 0.5) is 0 Å². The minimum Gasteiger partial charge on any atom is -0.462 e. The quantitative estimate of drug-likeness (QED) is 0.0222. The average molecular weight is 1200 g/mol. The van der Waals surface area contributed by atoms with Crippen molar-refractivity contribution in [3.63, 3.8) is 0 Å². The molecule has 0 saturated carbocycles. The third-order valence-electron chi connectivity index (χ3n) is 14.4. The lowest BCUT2D eigenvalue weighted by Gasteiger charge is -2.21. The van der Waals surface area contributed by atoms with Gasteiger partial charge in [0.25, 0.3) is 0 Å². The summed E-state index contributed by atoms with van der Waals surface area (Å²) in [6.07, 6.45) is 42.1. The molecule has 0 aliphatic carbocycles. The second-order valence-electron chi connectivity index (χ2n) is 22.4. The van der Waals surface area contributed by atoms with Crippen molar-refractivity contribution < 1.29 is 80.2 Å². The van der Waals surface area contributed by atoms with E-state index in [1.54, 1.807) is 0 Å². The van der Waals surface area contributed by atoms with Gasteiger partial charge in [-0.25, -0.2) is 9.13 Å². The van der Waals surface area contributed by atoms with E-state index in [0.29, 0.717) is 25.7 Å². The van der Waals surface area contributed by atoms with Crippen LogP contribution >= 0.6 is 15.6 Å². The molecule has 480 valence electrons. The maximum atomic E-state index is 12.9. The number of aliphatic hydroxyl groups is 1. The van der Waals surface area contributed by atoms with E-state index in [9.17, 15) is 43.2 Å². The fourth-order valence-corrected chi connectivity index (χ4v) is 10.9. The van der Waals surface area contributed by atoms with Gasteiger partial charge in [0.1, 0.15) is 19.3 Å². The first-order valence-corrected chi connectivity index (χ1v) is 35.8. The van der Waals surface area contributed by atoms with Crippen LogP contribution in [0.1, 0.15) is 317 Å². The first kappa shape index (κ1) is 79.1. The predicted octanol–water partition coefficient (Wildman–Crippen LogP) is 17.2. The zero-order valence-corrected chi connectivity index (χ0v) is 53.5. The van der Waals surface area contributed by atoms with Crippen molar-refractivity contribution in [3.8, 4) is 0 Å². The van der Waals surface area contributed by atoms with Gasteiger partial charge in [0.15, 0.2) is 12.2 Å². The van der Waals surface area contributed by atoms with Gasteiger partial charge in [-0.15, -0.1) is 0 Å². The lowest BCUT2D eigenvalue weighted by molar-refractivity contribution is -0.161. The van der Waals surface area contributed by atoms with Crippen molar-refractivity contribution in [2.45, 2.75) is 335 Å². The van der Waals surface area contributed by atoms with E-state index >= 15 is 0 Å². The van der Waals surface area contributed by atoms with Gasteiger partial charge in [0.2, 0.25) is 0 Å². The zero-order valence-electron chi connectivity index (χ0n) is 51.7. The summed E-state index contributed by atoms with van der Waals surface area (Å²) < 4.78 is 67.7. The fourth-order valence-electron chi connectivity index (χ4n) is 9.28. The number of rotatable bonds is 63. The Labute approximate surface area is 492 Å². The van der Waals surface area contributed by atoms with Crippen molar-refractivity contribution in [1.29, 1.82) is 0 Å². The Morgan fingerprint density at radius 3 is 0.728 bits per heavy atom. The van der Waals surface area contributed by atoms with Crippen molar-refractivity contribution >= 4 is 39.5 Å². The molecule has 0 aliphatic heterocycles. The Hall–Kier alpha value is -1.94. The van der Waals surface area contributed by atoms with E-state index in [4.69, 9.17) is 37.0 Å². The summed E-state index contributed by atoms with van der Waals surface area (Å²) in [6, 6.07) is 0. The third kappa shape index (κ3) is 56.9. The molecule has 0 aromatic rings. The van der Waals surface area contributed by atoms with E-state index in [0.717, 1.165) is 96.3 Å². The van der Waals surface area contributed by atoms with Gasteiger partial charge in [-0.1, -0.05) is 265 Å². The summed E-state index contributed by atoms with van der Waals surface area (Å²) in [5, 5.41) is 10.5. The van der Waals surface area contributed by atoms with E-state index in [2.05, 4.69) is 27.7 Å². The molecule has 5 atom stereocenters. The number of phosphoric acid groups is 2. The maximum absolute atomic E-state index is 12.9. The Morgan fingerprint density at radius 1 is 0.296 bits per heavy atom. The Kier molecular flexibility index (Phi) is 55.8. The van der Waals surface area contributed by atoms with Crippen molar-refractivity contribution in [2.75, 3.05) is 39.6 Å². The fraction of sp³-hybridized carbons (Fsp3) is 0.935. The molecule has 0 saturated heterocycles. The van der Waals surface area contributed by atoms with Gasteiger partial charge in [-0.05, 0) is 25.7 Å². The highest BCUT2D eigenvalue weighted by atomic mass is 31.2. The topological polar surface area (TPSA) is 237 Å². The van der Waals surface area contributed by atoms with E-state index < -0.39 is 97.5 Å². The number of ether oxygens (including phenoxy) is 4. The van der Waals surface area contributed by atoms with Crippen molar-refractivity contribution in [3.05, 3.63) is 0 Å². The monoisotopic (exact) mass is 1200 g/mol. The molecule has 81 heavy (non-hydrogen) atoms. The van der Waals surface area contributed by atoms with Gasteiger partial charge < -0.3 is 33.8 Å². The average Bonchev–Trinajstić information content (AvgIpc) is 3.45. The molecule has 0 bridgehead atoms. The molecule has 2 unspecified atom stereocenters. The van der Waals surface area contributed by atoms with Crippen LogP contribution in [0.5, 0.6) is 0 Å². The van der Waals surface area contributed by atoms with Crippen LogP contribution in [-0.2, 0) is 65.4 Å². The maximum Gasteiger partial charge on any atom is 0.472 e. The number of phosphoric ester groups is 2. The Bertz CT molecular complexity index is 1570. The molecule has 17 nitrogen and oxygen atoms in total. The summed E-state index contributed by atoms with van der Waals surface area (Å²) in [4.78, 5) is 71.8. The number of unbranched alkanes of at least 4 members (excludes halogenated alkanes) is 37. The molecule has 0 heterocycles. The minimum atomic E-state index is -4.94. The molecule has 0 radical (unpaired) electrons. The lowest BCUT2D eigenvalue weighted by atomic mass is 10.0. The summed E-state index contributed by atoms with van der Waals surface area (Å²) in [7, 11) is -9.87. The number of hydrogen-bond acceptors (Lipinski definition) is 15. The van der Waals surface area contributed by atoms with Crippen LogP contribution in [0.25, 0.3) is 0 Å². The number of aliphatic hydroxyl groups excluding tert-OH is 1. The second-order valence-corrected chi connectivity index (χ2v) is 25.4. The molecule has 19 heteroatoms. The number of hydrogen-bond donors (Lipinski definition) is 3. The summed E-state index contributed by atoms with van der Waals surface area (Å²) in [6.45, 7) is 4.77. The van der Waals surface area contributed by atoms with Gasteiger partial charge in [-0.2, -0.15) is 0 Å². The van der Waals surface area contributed by atoms with Gasteiger partial charge in [-0.3, -0.25) is 37.3 Å². The molecule has 0 fully saturated rings. The zero-order chi connectivity index (χ0) is 59.8. The highest BCUT2D eigenvalue weighted by Crippen LogP contribution is 2.45. The highest BCUT2D eigenvalue weighted by molar-refractivity contribution is 7.47. The normalized spacial score (nSPS) is 14.2. The summed E-state index contributed by atoms with van der Waals surface area (Å²) in [5.41, 5.74) is 0. The smallest absolute Gasteiger partial charge is 0.462 e. The molecule has 0 amide bonds. The molecule has 0 aromatic heterocycles. The first-order valence-electron chi connectivity index (χ1n) is 32.8. The van der Waals surface area contributed by atoms with Crippen LogP contribution in [0.15, 0.2) is 0 Å². The van der Waals surface area contributed by atoms with Gasteiger partial charge >= 0.3 is 39.5 Å². The number of carbonyl (C=O) groups excluding carboxylic acids is 4. The van der Waals surface area contributed by atoms with Gasteiger partial charge in [0, 0.05) is 25.7 Å². The van der Waals surface area contributed by atoms with Crippen molar-refractivity contribution in [2.24, 2.45) is 0 Å². The lowest BCUT2D eigenvalue weighted by Crippen LogP contribution is -2.30. The van der Waals surface area contributed by atoms with Crippen molar-refractivity contribution in [1.82, 2.24) is 0 Å². The predicted molar refractivity (Wildman–Crippen MR) is 322 cm³/mol. The molecule has 3 N–H and O–H groups in total. The van der Waals surface area contributed by atoms with Crippen LogP contribution in [0, 0.1) is 0 Å². The molecule has 0 aliphatic rings. The molecule has 0 aromatic carbocycles. The van der Waals surface area contributed by atoms with Crippen LogP contribution in [-0.4, -0.2) is 96.7 Å². The van der Waals surface area contributed by atoms with Crippen LogP contribution in [0.3, 0.4) is 0 Å². The largest absolute Gasteiger partial charge is 0.472 e. The third-order valence-corrected chi connectivity index (χ3v) is 16.3. The SMILES string of the molecule is CCCCCCCCCCCCCCCCCCCC(=O)O[C@H](COC(=O)CCCCCCCCCCCC)COP(=O)(O)OC[C@@H](O)COP(=O)(O)OC[C@@H](COC(=O)CCCCCCC)OC(=O)CCCCCCCCCCC. The van der Waals surface area contributed by atoms with Crippen LogP contribution < -0.4 is 0 Å². The Morgan fingerprint density at radius 2 is 0.494 bits per heavy atom. The molecular formula is C62H120O17P2. The second kappa shape index (κ2) is 57.2. The highest BCUT2D eigenvalue weighted by Gasteiger charge is 2.30. The number of esters is 4. The summed E-state index contributed by atoms with van der Waals surface area (Å²) >= 11 is 0. The summed E-state index contributed by atoms with van der Waals surface area (Å²) in [5.74, 6) is -2.15. The standard InChI is InChI=1S/C62H120O17P2/c1-5-9-13-17-20-23-25-26-27-28-29-30-31-34-37-41-45-49-62(67)79-58(53-73-60(65)47-43-39-35-33-24-21-18-14-10-6-2)55-77-81(70,71)75-51-56(63)50-74-80(68,69)76-54-57(52-72-59(64)46-42-38-16-12-8-4)78-61(66)48-44-40-36-32-22-19-15-11-7-3/h56-58,63H,5-55H2,1-4H3,(H,68,69)(H,70,71)/t56-,57+,58+/m0/s1. The van der Waals surface area contributed by atoms with Crippen LogP contribution in [0.2, 0.25) is 0 Å². The first-order chi connectivity index (χ1) is 39.2. The Balaban J connectivity index is 5.13. The van der Waals surface area contributed by atoms with E-state index in [1.807, 2.05) is 0 Å². The number of carbonyl (C=O) groups is 4. The van der Waals surface area contributed by atoms with Gasteiger partial charge in [0.05, 0.1) is 26.4 Å².